The Morgan fingerprint density at radius 2 is 1.48 bits per heavy atom. The monoisotopic (exact) mass is 610 g/mol. The van der Waals surface area contributed by atoms with Crippen LogP contribution in [0.2, 0.25) is 0 Å². The molecule has 0 spiro atoms. The summed E-state index contributed by atoms with van der Waals surface area (Å²) in [5.74, 6) is 1.42. The van der Waals surface area contributed by atoms with E-state index in [1.807, 2.05) is 61.8 Å². The number of hydrogen-bond donors (Lipinski definition) is 0. The van der Waals surface area contributed by atoms with Crippen LogP contribution in [0, 0.1) is 6.92 Å². The molecular weight excluding hydrogens is 585 g/mol. The Morgan fingerprint density at radius 1 is 0.783 bits per heavy atom. The Balaban J connectivity index is 1.52. The van der Waals surface area contributed by atoms with Gasteiger partial charge in [-0.1, -0.05) is 104 Å². The molecule has 0 amide bonds. The first-order valence-corrected chi connectivity index (χ1v) is 16.0. The number of aromatic nitrogens is 4. The summed E-state index contributed by atoms with van der Waals surface area (Å²) in [6.07, 6.45) is 9.64. The van der Waals surface area contributed by atoms with E-state index >= 15 is 0 Å². The fourth-order valence-corrected chi connectivity index (χ4v) is 7.90. The van der Waals surface area contributed by atoms with Crippen LogP contribution in [0.4, 0.5) is 0 Å². The van der Waals surface area contributed by atoms with Crippen molar-refractivity contribution in [2.75, 3.05) is 0 Å². The predicted molar refractivity (Wildman–Crippen MR) is 192 cm³/mol. The molecule has 0 aliphatic heterocycles. The van der Waals surface area contributed by atoms with Crippen molar-refractivity contribution in [3.63, 3.8) is 0 Å². The number of thiophene rings is 1. The molecule has 46 heavy (non-hydrogen) atoms. The maximum atomic E-state index is 6.71. The van der Waals surface area contributed by atoms with Crippen LogP contribution in [0.5, 0.6) is 0 Å². The van der Waals surface area contributed by atoms with E-state index in [1.165, 1.54) is 14.8 Å². The van der Waals surface area contributed by atoms with Crippen molar-refractivity contribution in [2.24, 2.45) is 0 Å². The molecule has 0 radical (unpaired) electrons. The number of furan rings is 1. The lowest BCUT2D eigenvalue weighted by atomic mass is 10.0. The topological polar surface area (TPSA) is 56.7 Å². The zero-order chi connectivity index (χ0) is 30.8. The van der Waals surface area contributed by atoms with Crippen molar-refractivity contribution in [1.82, 2.24) is 19.5 Å². The second kappa shape index (κ2) is 10.4. The van der Waals surface area contributed by atoms with Gasteiger partial charge < -0.3 is 4.42 Å². The van der Waals surface area contributed by atoms with E-state index in [0.29, 0.717) is 5.95 Å². The predicted octanol–water partition coefficient (Wildman–Crippen LogP) is 10.9. The highest BCUT2D eigenvalue weighted by atomic mass is 32.1. The molecule has 0 unspecified atom stereocenters. The number of benzene rings is 4. The first-order chi connectivity index (χ1) is 22.7. The summed E-state index contributed by atoms with van der Waals surface area (Å²) in [5, 5.41) is 5.57. The van der Waals surface area contributed by atoms with E-state index in [0.717, 1.165) is 72.0 Å². The van der Waals surface area contributed by atoms with Gasteiger partial charge >= 0.3 is 0 Å². The Morgan fingerprint density at radius 3 is 2.20 bits per heavy atom. The van der Waals surface area contributed by atoms with Crippen molar-refractivity contribution >= 4 is 70.4 Å². The summed E-state index contributed by atoms with van der Waals surface area (Å²) in [7, 11) is 0. The Bertz CT molecular complexity index is 2600. The second-order valence-corrected chi connectivity index (χ2v) is 12.3. The number of nitrogens with zero attached hydrogens (tertiary/aromatic N) is 4. The highest BCUT2D eigenvalue weighted by Crippen LogP contribution is 2.49. The third kappa shape index (κ3) is 3.90. The van der Waals surface area contributed by atoms with Crippen LogP contribution in [0.15, 0.2) is 133 Å². The second-order valence-electron chi connectivity index (χ2n) is 11.3. The standard InChI is InChI=1S/C40H26N4OS/c1-3-4-17-27-24(2)45-38-34(27)37-35(39-36(38)29-18-11-12-19-33(29)46-39)28-20-21-41-23-32(28)44(37)40-42-30(25-13-7-5-8-14-25)22-31(43-40)26-15-9-6-10-16-26/h3-23H,1H2,2H3/b17-4-. The molecule has 0 atom stereocenters. The maximum absolute atomic E-state index is 6.71. The van der Waals surface area contributed by atoms with E-state index < -0.39 is 0 Å². The van der Waals surface area contributed by atoms with E-state index in [1.54, 1.807) is 17.4 Å². The number of rotatable bonds is 5. The zero-order valence-electron chi connectivity index (χ0n) is 24.9. The molecule has 0 fully saturated rings. The average Bonchev–Trinajstić information content (AvgIpc) is 3.77. The van der Waals surface area contributed by atoms with Gasteiger partial charge in [-0.15, -0.1) is 11.3 Å². The quantitative estimate of drug-likeness (QED) is 0.182. The lowest BCUT2D eigenvalue weighted by Crippen LogP contribution is -2.04. The van der Waals surface area contributed by atoms with Crippen molar-refractivity contribution < 1.29 is 4.42 Å². The summed E-state index contributed by atoms with van der Waals surface area (Å²) in [6, 6.07) is 33.3. The van der Waals surface area contributed by atoms with E-state index in [4.69, 9.17) is 14.4 Å². The van der Waals surface area contributed by atoms with E-state index in [-0.39, 0.29) is 0 Å². The number of hydrogen-bond acceptors (Lipinski definition) is 5. The third-order valence-electron chi connectivity index (χ3n) is 8.64. The fraction of sp³-hybridized carbons (Fsp3) is 0.0250. The molecule has 9 aromatic rings. The lowest BCUT2D eigenvalue weighted by Gasteiger charge is -2.12. The normalized spacial score (nSPS) is 12.0. The van der Waals surface area contributed by atoms with Gasteiger partial charge in [0.05, 0.1) is 34.0 Å². The zero-order valence-corrected chi connectivity index (χ0v) is 25.8. The van der Waals surface area contributed by atoms with Crippen LogP contribution in [0.1, 0.15) is 11.3 Å². The minimum absolute atomic E-state index is 0.576. The first kappa shape index (κ1) is 26.5. The minimum Gasteiger partial charge on any atom is -0.460 e. The maximum Gasteiger partial charge on any atom is 0.235 e. The SMILES string of the molecule is C=C/C=C\c1c(C)oc2c1c1c(c3ccncc3n1-c1nc(-c3ccccc3)cc(-c3ccccc3)n1)c1sc3ccccc3c21. The van der Waals surface area contributed by atoms with Gasteiger partial charge in [0.2, 0.25) is 5.95 Å². The van der Waals surface area contributed by atoms with Crippen LogP contribution in [0.3, 0.4) is 0 Å². The number of fused-ring (bicyclic) bond motifs is 10. The largest absolute Gasteiger partial charge is 0.460 e. The summed E-state index contributed by atoms with van der Waals surface area (Å²) >= 11 is 1.79. The highest BCUT2D eigenvalue weighted by molar-refractivity contribution is 7.27. The molecule has 0 N–H and O–H groups in total. The fourth-order valence-electron chi connectivity index (χ4n) is 6.64. The Kier molecular flexibility index (Phi) is 5.98. The van der Waals surface area contributed by atoms with Crippen molar-refractivity contribution in [3.05, 3.63) is 140 Å². The Hall–Kier alpha value is -5.85. The van der Waals surface area contributed by atoms with Gasteiger partial charge in [0.15, 0.2) is 0 Å². The van der Waals surface area contributed by atoms with Crippen molar-refractivity contribution in [2.45, 2.75) is 6.92 Å². The molecule has 0 aliphatic carbocycles. The molecule has 0 saturated heterocycles. The summed E-state index contributed by atoms with van der Waals surface area (Å²) in [6.45, 7) is 5.97. The molecular formula is C40H26N4OS. The van der Waals surface area contributed by atoms with Gasteiger partial charge in [-0.25, -0.2) is 9.97 Å². The van der Waals surface area contributed by atoms with Gasteiger partial charge in [0.1, 0.15) is 11.3 Å². The minimum atomic E-state index is 0.576. The van der Waals surface area contributed by atoms with Crippen LogP contribution in [-0.4, -0.2) is 19.5 Å². The van der Waals surface area contributed by atoms with Gasteiger partial charge in [0.25, 0.3) is 0 Å². The van der Waals surface area contributed by atoms with E-state index in [2.05, 4.69) is 82.9 Å². The number of pyridine rings is 1. The molecule has 0 bridgehead atoms. The van der Waals surface area contributed by atoms with Gasteiger partial charge in [-0.2, -0.15) is 0 Å². The molecule has 218 valence electrons. The van der Waals surface area contributed by atoms with Crippen molar-refractivity contribution in [1.29, 1.82) is 0 Å². The lowest BCUT2D eigenvalue weighted by molar-refractivity contribution is 0.580. The summed E-state index contributed by atoms with van der Waals surface area (Å²) in [4.78, 5) is 15.1. The molecule has 6 heteroatoms. The van der Waals surface area contributed by atoms with Gasteiger partial charge in [0, 0.05) is 53.8 Å². The third-order valence-corrected chi connectivity index (χ3v) is 9.83. The number of aryl methyl sites for hydroxylation is 1. The highest BCUT2D eigenvalue weighted by Gasteiger charge is 2.27. The van der Waals surface area contributed by atoms with E-state index in [9.17, 15) is 0 Å². The van der Waals surface area contributed by atoms with Crippen LogP contribution >= 0.6 is 11.3 Å². The van der Waals surface area contributed by atoms with Crippen LogP contribution < -0.4 is 0 Å². The molecule has 5 nitrogen and oxygen atoms in total. The molecule has 0 aliphatic rings. The molecule has 5 heterocycles. The number of allylic oxidation sites excluding steroid dienone is 2. The first-order valence-electron chi connectivity index (χ1n) is 15.1. The smallest absolute Gasteiger partial charge is 0.235 e. The molecule has 0 saturated carbocycles. The molecule has 4 aromatic carbocycles. The summed E-state index contributed by atoms with van der Waals surface area (Å²) < 4.78 is 11.3. The molecule has 9 rings (SSSR count). The van der Waals surface area contributed by atoms with Gasteiger partial charge in [-0.3, -0.25) is 9.55 Å². The van der Waals surface area contributed by atoms with Crippen LogP contribution in [-0.2, 0) is 0 Å². The average molecular weight is 611 g/mol. The van der Waals surface area contributed by atoms with Crippen LogP contribution in [0.25, 0.3) is 87.5 Å². The Labute approximate surface area is 268 Å². The molecule has 5 aromatic heterocycles. The van der Waals surface area contributed by atoms with Crippen molar-refractivity contribution in [3.8, 4) is 28.5 Å². The van der Waals surface area contributed by atoms with Gasteiger partial charge in [-0.05, 0) is 25.1 Å². The summed E-state index contributed by atoms with van der Waals surface area (Å²) in [5.41, 5.74) is 7.54.